The molecule has 0 aliphatic heterocycles. The summed E-state index contributed by atoms with van der Waals surface area (Å²) in [5.74, 6) is 1.45. The van der Waals surface area contributed by atoms with Crippen molar-refractivity contribution in [1.29, 1.82) is 0 Å². The van der Waals surface area contributed by atoms with Crippen LogP contribution in [-0.4, -0.2) is 38.4 Å². The van der Waals surface area contributed by atoms with Gasteiger partial charge in [-0.15, -0.1) is 0 Å². The SMILES string of the molecule is COCCCn1ccc(Nc2ccc3nccnc3n2)n1. The first kappa shape index (κ1) is 13.4. The van der Waals surface area contributed by atoms with Crippen molar-refractivity contribution >= 4 is 22.8 Å². The van der Waals surface area contributed by atoms with Crippen LogP contribution in [0.2, 0.25) is 0 Å². The number of nitrogens with zero attached hydrogens (tertiary/aromatic N) is 5. The van der Waals surface area contributed by atoms with E-state index < -0.39 is 0 Å². The minimum absolute atomic E-state index is 0.613. The van der Waals surface area contributed by atoms with Gasteiger partial charge in [0.1, 0.15) is 11.3 Å². The first-order valence-electron chi connectivity index (χ1n) is 6.72. The Morgan fingerprint density at radius 2 is 2.05 bits per heavy atom. The number of hydrogen-bond acceptors (Lipinski definition) is 6. The van der Waals surface area contributed by atoms with Crippen molar-refractivity contribution in [3.63, 3.8) is 0 Å². The Labute approximate surface area is 122 Å². The number of fused-ring (bicyclic) bond motifs is 1. The Hall–Kier alpha value is -2.54. The van der Waals surface area contributed by atoms with E-state index in [1.807, 2.05) is 29.1 Å². The van der Waals surface area contributed by atoms with Crippen molar-refractivity contribution in [3.8, 4) is 0 Å². The van der Waals surface area contributed by atoms with Crippen LogP contribution in [0.5, 0.6) is 0 Å². The summed E-state index contributed by atoms with van der Waals surface area (Å²) in [7, 11) is 1.70. The molecule has 7 heteroatoms. The molecule has 3 aromatic heterocycles. The van der Waals surface area contributed by atoms with Crippen LogP contribution in [0.15, 0.2) is 36.8 Å². The predicted molar refractivity (Wildman–Crippen MR) is 79.3 cm³/mol. The largest absolute Gasteiger partial charge is 0.385 e. The summed E-state index contributed by atoms with van der Waals surface area (Å²) in [5.41, 5.74) is 1.38. The molecule has 7 nitrogen and oxygen atoms in total. The van der Waals surface area contributed by atoms with Gasteiger partial charge < -0.3 is 10.1 Å². The highest BCUT2D eigenvalue weighted by Crippen LogP contribution is 2.15. The highest BCUT2D eigenvalue weighted by atomic mass is 16.5. The topological polar surface area (TPSA) is 77.8 Å². The second-order valence-corrected chi connectivity index (χ2v) is 4.53. The molecule has 0 aliphatic rings. The number of nitrogens with one attached hydrogen (secondary N) is 1. The molecule has 0 fully saturated rings. The van der Waals surface area contributed by atoms with Crippen molar-refractivity contribution in [2.24, 2.45) is 0 Å². The zero-order chi connectivity index (χ0) is 14.5. The molecule has 0 unspecified atom stereocenters. The molecule has 0 spiro atoms. The van der Waals surface area contributed by atoms with Crippen molar-refractivity contribution in [2.45, 2.75) is 13.0 Å². The molecule has 0 aliphatic carbocycles. The van der Waals surface area contributed by atoms with E-state index in [0.717, 1.165) is 30.9 Å². The zero-order valence-corrected chi connectivity index (χ0v) is 11.7. The van der Waals surface area contributed by atoms with Gasteiger partial charge in [-0.3, -0.25) is 9.67 Å². The number of anilines is 2. The standard InChI is InChI=1S/C14H16N6O/c1-21-10-2-8-20-9-5-13(19-20)17-12-4-3-11-14(18-12)16-7-6-15-11/h3-7,9H,2,8,10H2,1H3,(H,16,17,18,19). The Morgan fingerprint density at radius 1 is 1.14 bits per heavy atom. The van der Waals surface area contributed by atoms with Gasteiger partial charge in [-0.25, -0.2) is 9.97 Å². The summed E-state index contributed by atoms with van der Waals surface area (Å²) in [6.45, 7) is 1.56. The van der Waals surface area contributed by atoms with Crippen LogP contribution < -0.4 is 5.32 Å². The fourth-order valence-electron chi connectivity index (χ4n) is 1.98. The Kier molecular flexibility index (Phi) is 4.02. The van der Waals surface area contributed by atoms with Crippen LogP contribution in [-0.2, 0) is 11.3 Å². The summed E-state index contributed by atoms with van der Waals surface area (Å²) >= 11 is 0. The van der Waals surface area contributed by atoms with Crippen LogP contribution in [0, 0.1) is 0 Å². The lowest BCUT2D eigenvalue weighted by atomic mass is 10.4. The number of methoxy groups -OCH3 is 1. The van der Waals surface area contributed by atoms with Gasteiger partial charge in [-0.2, -0.15) is 5.10 Å². The van der Waals surface area contributed by atoms with Gasteiger partial charge >= 0.3 is 0 Å². The smallest absolute Gasteiger partial charge is 0.180 e. The average Bonchev–Trinajstić information content (AvgIpc) is 2.95. The molecule has 1 N–H and O–H groups in total. The summed E-state index contributed by atoms with van der Waals surface area (Å²) in [4.78, 5) is 12.8. The van der Waals surface area contributed by atoms with Crippen molar-refractivity contribution in [1.82, 2.24) is 24.7 Å². The molecule has 0 atom stereocenters. The van der Waals surface area contributed by atoms with E-state index in [1.54, 1.807) is 19.5 Å². The lowest BCUT2D eigenvalue weighted by Crippen LogP contribution is -2.03. The van der Waals surface area contributed by atoms with Gasteiger partial charge in [0.05, 0.1) is 0 Å². The summed E-state index contributed by atoms with van der Waals surface area (Å²) in [5, 5.41) is 7.60. The molecule has 108 valence electrons. The van der Waals surface area contributed by atoms with E-state index >= 15 is 0 Å². The van der Waals surface area contributed by atoms with Gasteiger partial charge in [0, 0.05) is 44.9 Å². The predicted octanol–water partition coefficient (Wildman–Crippen LogP) is 2.00. The van der Waals surface area contributed by atoms with Crippen LogP contribution in [0.3, 0.4) is 0 Å². The summed E-state index contributed by atoms with van der Waals surface area (Å²) < 4.78 is 6.90. The molecular weight excluding hydrogens is 268 g/mol. The lowest BCUT2D eigenvalue weighted by molar-refractivity contribution is 0.189. The Morgan fingerprint density at radius 3 is 2.95 bits per heavy atom. The van der Waals surface area contributed by atoms with E-state index in [4.69, 9.17) is 4.74 Å². The van der Waals surface area contributed by atoms with Gasteiger partial charge in [0.2, 0.25) is 0 Å². The average molecular weight is 284 g/mol. The van der Waals surface area contributed by atoms with E-state index in [1.165, 1.54) is 0 Å². The van der Waals surface area contributed by atoms with Gasteiger partial charge in [0.25, 0.3) is 0 Å². The maximum Gasteiger partial charge on any atom is 0.180 e. The van der Waals surface area contributed by atoms with Crippen molar-refractivity contribution in [2.75, 3.05) is 19.0 Å². The normalized spacial score (nSPS) is 10.9. The van der Waals surface area contributed by atoms with Crippen molar-refractivity contribution < 1.29 is 4.74 Å². The quantitative estimate of drug-likeness (QED) is 0.698. The summed E-state index contributed by atoms with van der Waals surface area (Å²) in [6, 6.07) is 5.66. The summed E-state index contributed by atoms with van der Waals surface area (Å²) in [6.07, 6.45) is 6.14. The first-order valence-corrected chi connectivity index (χ1v) is 6.72. The molecule has 0 saturated carbocycles. The zero-order valence-electron chi connectivity index (χ0n) is 11.7. The third kappa shape index (κ3) is 3.32. The fourth-order valence-corrected chi connectivity index (χ4v) is 1.98. The molecule has 0 radical (unpaired) electrons. The van der Waals surface area contributed by atoms with E-state index in [9.17, 15) is 0 Å². The van der Waals surface area contributed by atoms with Crippen LogP contribution in [0.4, 0.5) is 11.6 Å². The highest BCUT2D eigenvalue weighted by molar-refractivity contribution is 5.72. The minimum atomic E-state index is 0.613. The van der Waals surface area contributed by atoms with Crippen molar-refractivity contribution in [3.05, 3.63) is 36.8 Å². The Balaban J connectivity index is 1.70. The monoisotopic (exact) mass is 284 g/mol. The van der Waals surface area contributed by atoms with Crippen LogP contribution >= 0.6 is 0 Å². The van der Waals surface area contributed by atoms with Gasteiger partial charge in [-0.05, 0) is 18.6 Å². The molecule has 3 rings (SSSR count). The third-order valence-electron chi connectivity index (χ3n) is 2.96. The molecular formula is C14H16N6O. The fraction of sp³-hybridized carbons (Fsp3) is 0.286. The molecule has 3 heterocycles. The van der Waals surface area contributed by atoms with Gasteiger partial charge in [-0.1, -0.05) is 0 Å². The number of hydrogen-bond donors (Lipinski definition) is 1. The van der Waals surface area contributed by atoms with E-state index in [2.05, 4.69) is 25.4 Å². The minimum Gasteiger partial charge on any atom is -0.385 e. The molecule has 21 heavy (non-hydrogen) atoms. The molecule has 0 bridgehead atoms. The number of aromatic nitrogens is 5. The lowest BCUT2D eigenvalue weighted by Gasteiger charge is -2.03. The first-order chi connectivity index (χ1) is 10.3. The number of ether oxygens (including phenoxy) is 1. The van der Waals surface area contributed by atoms with E-state index in [0.29, 0.717) is 11.5 Å². The van der Waals surface area contributed by atoms with E-state index in [-0.39, 0.29) is 0 Å². The highest BCUT2D eigenvalue weighted by Gasteiger charge is 2.03. The number of pyridine rings is 1. The Bertz CT molecular complexity index is 726. The molecule has 3 aromatic rings. The molecule has 0 aromatic carbocycles. The third-order valence-corrected chi connectivity index (χ3v) is 2.96. The van der Waals surface area contributed by atoms with Crippen LogP contribution in [0.1, 0.15) is 6.42 Å². The second kappa shape index (κ2) is 6.27. The van der Waals surface area contributed by atoms with Gasteiger partial charge in [0.15, 0.2) is 11.5 Å². The molecule has 0 amide bonds. The maximum atomic E-state index is 5.03. The number of rotatable bonds is 6. The second-order valence-electron chi connectivity index (χ2n) is 4.53. The van der Waals surface area contributed by atoms with Crippen LogP contribution in [0.25, 0.3) is 11.2 Å². The number of aryl methyl sites for hydroxylation is 1. The maximum absolute atomic E-state index is 5.03. The molecule has 0 saturated heterocycles.